The Balaban J connectivity index is 1.49. The Morgan fingerprint density at radius 3 is 2.71 bits per heavy atom. The fourth-order valence-electron chi connectivity index (χ4n) is 5.64. The molecule has 0 saturated carbocycles. The molecule has 0 bridgehead atoms. The summed E-state index contributed by atoms with van der Waals surface area (Å²) in [4.78, 5) is 14.7. The van der Waals surface area contributed by atoms with Crippen LogP contribution in [0.25, 0.3) is 0 Å². The van der Waals surface area contributed by atoms with Gasteiger partial charge in [-0.3, -0.25) is 4.90 Å². The van der Waals surface area contributed by atoms with E-state index >= 15 is 0 Å². The number of piperazine rings is 1. The molecule has 3 atom stereocenters. The minimum Gasteiger partial charge on any atom is -0.368 e. The summed E-state index contributed by atoms with van der Waals surface area (Å²) in [6, 6.07) is 12.1. The monoisotopic (exact) mass is 377 g/mol. The van der Waals surface area contributed by atoms with Crippen molar-refractivity contribution in [2.45, 2.75) is 63.5 Å². The van der Waals surface area contributed by atoms with Crippen LogP contribution in [0.2, 0.25) is 0 Å². The molecule has 2 saturated heterocycles. The Morgan fingerprint density at radius 1 is 1.00 bits per heavy atom. The van der Waals surface area contributed by atoms with Crippen LogP contribution in [0.4, 0.5) is 11.8 Å². The number of anilines is 2. The van der Waals surface area contributed by atoms with Crippen molar-refractivity contribution in [3.05, 3.63) is 47.2 Å². The van der Waals surface area contributed by atoms with Crippen LogP contribution in [-0.4, -0.2) is 46.6 Å². The molecule has 1 aromatic carbocycles. The van der Waals surface area contributed by atoms with Gasteiger partial charge in [0, 0.05) is 43.2 Å². The Hall–Kier alpha value is -2.14. The minimum atomic E-state index is 0.338. The van der Waals surface area contributed by atoms with Crippen molar-refractivity contribution in [3.63, 3.8) is 0 Å². The second kappa shape index (κ2) is 7.36. The third kappa shape index (κ3) is 3.16. The fraction of sp³-hybridized carbons (Fsp3) is 0.565. The van der Waals surface area contributed by atoms with E-state index in [9.17, 15) is 0 Å². The van der Waals surface area contributed by atoms with Crippen molar-refractivity contribution in [1.82, 2.24) is 14.9 Å². The molecule has 2 fully saturated rings. The number of hydrogen-bond donors (Lipinski definition) is 1. The van der Waals surface area contributed by atoms with E-state index in [0.29, 0.717) is 23.9 Å². The molecule has 5 heteroatoms. The molecule has 1 aliphatic carbocycles. The number of nitrogen functional groups attached to an aromatic ring is 1. The quantitative estimate of drug-likeness (QED) is 0.867. The first-order chi connectivity index (χ1) is 13.7. The van der Waals surface area contributed by atoms with Crippen molar-refractivity contribution < 1.29 is 0 Å². The van der Waals surface area contributed by atoms with E-state index in [0.717, 1.165) is 38.3 Å². The minimum absolute atomic E-state index is 0.338. The van der Waals surface area contributed by atoms with Gasteiger partial charge in [0.05, 0.1) is 5.69 Å². The van der Waals surface area contributed by atoms with Gasteiger partial charge in [0.2, 0.25) is 5.95 Å². The first kappa shape index (κ1) is 17.9. The molecule has 3 aliphatic rings. The highest BCUT2D eigenvalue weighted by Gasteiger charge is 2.35. The zero-order chi connectivity index (χ0) is 19.1. The number of hydrogen-bond acceptors (Lipinski definition) is 5. The fourth-order valence-corrected chi connectivity index (χ4v) is 5.64. The second-order valence-corrected chi connectivity index (χ2v) is 8.74. The van der Waals surface area contributed by atoms with Gasteiger partial charge in [0.1, 0.15) is 5.82 Å². The molecule has 5 nitrogen and oxygen atoms in total. The summed E-state index contributed by atoms with van der Waals surface area (Å²) in [5.74, 6) is 1.88. The Bertz CT molecular complexity index is 836. The van der Waals surface area contributed by atoms with Gasteiger partial charge in [-0.15, -0.1) is 0 Å². The average molecular weight is 378 g/mol. The topological polar surface area (TPSA) is 58.3 Å². The molecule has 2 aromatic rings. The molecule has 2 N–H and O–H groups in total. The molecule has 5 rings (SSSR count). The van der Waals surface area contributed by atoms with Crippen LogP contribution < -0.4 is 10.6 Å². The average Bonchev–Trinajstić information content (AvgIpc) is 2.73. The standard InChI is InChI=1S/C23H31N5/c1-16-7-5-10-18-15-27(13-14-28(16)18)22-20-12-6-11-19(17-8-3-2-4-9-17)21(20)25-23(24)26-22/h2-4,8-9,16,18-19H,5-7,10-15H2,1H3,(H2,24,25,26). The number of fused-ring (bicyclic) bond motifs is 2. The highest BCUT2D eigenvalue weighted by molar-refractivity contribution is 5.55. The number of rotatable bonds is 2. The van der Waals surface area contributed by atoms with Crippen LogP contribution in [-0.2, 0) is 6.42 Å². The van der Waals surface area contributed by atoms with Crippen LogP contribution in [0.3, 0.4) is 0 Å². The maximum atomic E-state index is 6.22. The molecular weight excluding hydrogens is 346 g/mol. The van der Waals surface area contributed by atoms with Crippen LogP contribution >= 0.6 is 0 Å². The molecule has 0 radical (unpaired) electrons. The Morgan fingerprint density at radius 2 is 1.86 bits per heavy atom. The van der Waals surface area contributed by atoms with E-state index in [1.807, 2.05) is 0 Å². The summed E-state index contributed by atoms with van der Waals surface area (Å²) in [5, 5.41) is 0. The van der Waals surface area contributed by atoms with Gasteiger partial charge < -0.3 is 10.6 Å². The SMILES string of the molecule is CC1CCCC2CN(c3nc(N)nc4c3CCCC4c3ccccc3)CCN12. The van der Waals surface area contributed by atoms with Gasteiger partial charge in [-0.2, -0.15) is 4.98 Å². The molecule has 28 heavy (non-hydrogen) atoms. The second-order valence-electron chi connectivity index (χ2n) is 8.74. The van der Waals surface area contributed by atoms with Gasteiger partial charge in [-0.25, -0.2) is 4.98 Å². The molecule has 0 amide bonds. The number of piperidine rings is 1. The number of nitrogens with two attached hydrogens (primary N) is 1. The molecule has 1 aromatic heterocycles. The van der Waals surface area contributed by atoms with Crippen molar-refractivity contribution >= 4 is 11.8 Å². The predicted octanol–water partition coefficient (Wildman–Crippen LogP) is 3.59. The van der Waals surface area contributed by atoms with E-state index in [1.54, 1.807) is 0 Å². The van der Waals surface area contributed by atoms with Crippen molar-refractivity contribution in [2.24, 2.45) is 0 Å². The van der Waals surface area contributed by atoms with Crippen molar-refractivity contribution in [1.29, 1.82) is 0 Å². The van der Waals surface area contributed by atoms with Crippen LogP contribution in [0.15, 0.2) is 30.3 Å². The van der Waals surface area contributed by atoms with Gasteiger partial charge >= 0.3 is 0 Å². The summed E-state index contributed by atoms with van der Waals surface area (Å²) in [7, 11) is 0. The smallest absolute Gasteiger partial charge is 0.222 e. The molecule has 0 spiro atoms. The van der Waals surface area contributed by atoms with Gasteiger partial charge in [-0.05, 0) is 44.6 Å². The number of aromatic nitrogens is 2. The normalized spacial score (nSPS) is 27.9. The zero-order valence-electron chi connectivity index (χ0n) is 16.8. The maximum absolute atomic E-state index is 6.22. The first-order valence-electron chi connectivity index (χ1n) is 10.9. The largest absolute Gasteiger partial charge is 0.368 e. The lowest BCUT2D eigenvalue weighted by atomic mass is 9.82. The third-order valence-electron chi connectivity index (χ3n) is 7.04. The van der Waals surface area contributed by atoms with Crippen LogP contribution in [0, 0.1) is 0 Å². The Kier molecular flexibility index (Phi) is 4.71. The van der Waals surface area contributed by atoms with E-state index in [1.165, 1.54) is 42.5 Å². The Labute approximate surface area is 168 Å². The van der Waals surface area contributed by atoms with E-state index in [-0.39, 0.29) is 0 Å². The summed E-state index contributed by atoms with van der Waals surface area (Å²) in [6.07, 6.45) is 7.38. The van der Waals surface area contributed by atoms with Gasteiger partial charge in [0.15, 0.2) is 0 Å². The van der Waals surface area contributed by atoms with Crippen molar-refractivity contribution in [2.75, 3.05) is 30.3 Å². The van der Waals surface area contributed by atoms with Crippen molar-refractivity contribution in [3.8, 4) is 0 Å². The molecule has 3 unspecified atom stereocenters. The lowest BCUT2D eigenvalue weighted by Gasteiger charge is -2.48. The lowest BCUT2D eigenvalue weighted by molar-refractivity contribution is 0.0815. The summed E-state index contributed by atoms with van der Waals surface area (Å²) in [6.45, 7) is 5.63. The van der Waals surface area contributed by atoms with Gasteiger partial charge in [-0.1, -0.05) is 36.8 Å². The van der Waals surface area contributed by atoms with Gasteiger partial charge in [0.25, 0.3) is 0 Å². The summed E-state index contributed by atoms with van der Waals surface area (Å²) < 4.78 is 0. The number of benzene rings is 1. The maximum Gasteiger partial charge on any atom is 0.222 e. The summed E-state index contributed by atoms with van der Waals surface area (Å²) >= 11 is 0. The molecule has 148 valence electrons. The zero-order valence-corrected chi connectivity index (χ0v) is 16.8. The molecule has 3 heterocycles. The van der Waals surface area contributed by atoms with E-state index < -0.39 is 0 Å². The number of nitrogens with zero attached hydrogens (tertiary/aromatic N) is 4. The molecular formula is C23H31N5. The lowest BCUT2D eigenvalue weighted by Crippen LogP contribution is -2.58. The highest BCUT2D eigenvalue weighted by Crippen LogP contribution is 2.40. The third-order valence-corrected chi connectivity index (χ3v) is 7.04. The highest BCUT2D eigenvalue weighted by atomic mass is 15.3. The van der Waals surface area contributed by atoms with Crippen LogP contribution in [0.5, 0.6) is 0 Å². The molecule has 2 aliphatic heterocycles. The summed E-state index contributed by atoms with van der Waals surface area (Å²) in [5.41, 5.74) is 10.1. The van der Waals surface area contributed by atoms with Crippen LogP contribution in [0.1, 0.15) is 61.8 Å². The first-order valence-corrected chi connectivity index (χ1v) is 10.9. The van der Waals surface area contributed by atoms with E-state index in [2.05, 4.69) is 47.1 Å². The predicted molar refractivity (Wildman–Crippen MR) is 114 cm³/mol. The van der Waals surface area contributed by atoms with E-state index in [4.69, 9.17) is 15.7 Å².